The van der Waals surface area contributed by atoms with Gasteiger partial charge in [0.1, 0.15) is 0 Å². The van der Waals surface area contributed by atoms with E-state index in [1.54, 1.807) is 34.3 Å². The van der Waals surface area contributed by atoms with Gasteiger partial charge in [-0.15, -0.1) is 11.8 Å². The van der Waals surface area contributed by atoms with Crippen LogP contribution in [0.25, 0.3) is 0 Å². The minimum atomic E-state index is -3.51. The van der Waals surface area contributed by atoms with E-state index in [2.05, 4.69) is 12.2 Å². The number of benzene rings is 2. The first-order valence-electron chi connectivity index (χ1n) is 10.6. The fourth-order valence-electron chi connectivity index (χ4n) is 3.60. The minimum Gasteiger partial charge on any atom is -0.459 e. The molecular weight excluding hydrogens is 444 g/mol. The average Bonchev–Trinajstić information content (AvgIpc) is 3.28. The van der Waals surface area contributed by atoms with Gasteiger partial charge in [-0.3, -0.25) is 4.79 Å². The zero-order valence-electron chi connectivity index (χ0n) is 17.9. The molecule has 168 valence electrons. The van der Waals surface area contributed by atoms with Crippen molar-refractivity contribution in [2.45, 2.75) is 35.3 Å². The maximum absolute atomic E-state index is 12.9. The smallest absolute Gasteiger partial charge is 0.291 e. The van der Waals surface area contributed by atoms with E-state index in [-0.39, 0.29) is 16.6 Å². The molecule has 1 N–H and O–H groups in total. The Kier molecular flexibility index (Phi) is 7.03. The summed E-state index contributed by atoms with van der Waals surface area (Å²) < 4.78 is 32.7. The van der Waals surface area contributed by atoms with Gasteiger partial charge in [-0.1, -0.05) is 25.1 Å². The standard InChI is InChI=1S/C24H26N2O4S2/c1-18-11-14-26(15-12-18)32(28,29)22-9-7-20(8-10-22)25-24(27)23-19(13-16-30-23)17-31-21-5-3-2-4-6-21/h2-10,13,16,18H,11-12,14-15,17H2,1H3,(H,25,27). The van der Waals surface area contributed by atoms with Crippen LogP contribution >= 0.6 is 11.8 Å². The average molecular weight is 471 g/mol. The number of rotatable bonds is 7. The topological polar surface area (TPSA) is 79.6 Å². The van der Waals surface area contributed by atoms with E-state index in [0.717, 1.165) is 23.3 Å². The van der Waals surface area contributed by atoms with E-state index in [1.165, 1.54) is 18.4 Å². The SMILES string of the molecule is CC1CCN(S(=O)(=O)c2ccc(NC(=O)c3occc3CSc3ccccc3)cc2)CC1. The number of nitrogens with zero attached hydrogens (tertiary/aromatic N) is 1. The van der Waals surface area contributed by atoms with Crippen molar-refractivity contribution >= 4 is 33.4 Å². The highest BCUT2D eigenvalue weighted by Gasteiger charge is 2.28. The zero-order valence-corrected chi connectivity index (χ0v) is 19.5. The fourth-order valence-corrected chi connectivity index (χ4v) is 5.97. The summed E-state index contributed by atoms with van der Waals surface area (Å²) in [6.07, 6.45) is 3.26. The Morgan fingerprint density at radius 3 is 2.44 bits per heavy atom. The number of furan rings is 1. The van der Waals surface area contributed by atoms with E-state index in [4.69, 9.17) is 4.42 Å². The number of thioether (sulfide) groups is 1. The summed E-state index contributed by atoms with van der Waals surface area (Å²) in [7, 11) is -3.51. The molecule has 2 aromatic carbocycles. The van der Waals surface area contributed by atoms with Gasteiger partial charge in [-0.25, -0.2) is 8.42 Å². The molecule has 0 unspecified atom stereocenters. The Morgan fingerprint density at radius 2 is 1.75 bits per heavy atom. The normalized spacial score (nSPS) is 15.5. The number of amides is 1. The van der Waals surface area contributed by atoms with E-state index >= 15 is 0 Å². The Labute approximate surface area is 193 Å². The highest BCUT2D eigenvalue weighted by molar-refractivity contribution is 7.98. The molecule has 0 radical (unpaired) electrons. The third-order valence-electron chi connectivity index (χ3n) is 5.58. The molecule has 4 rings (SSSR count). The van der Waals surface area contributed by atoms with E-state index < -0.39 is 10.0 Å². The summed E-state index contributed by atoms with van der Waals surface area (Å²) in [5, 5.41) is 2.80. The predicted octanol–water partition coefficient (Wildman–Crippen LogP) is 5.24. The van der Waals surface area contributed by atoms with Gasteiger partial charge >= 0.3 is 0 Å². The minimum absolute atomic E-state index is 0.239. The van der Waals surface area contributed by atoms with E-state index in [9.17, 15) is 13.2 Å². The number of carbonyl (C=O) groups is 1. The van der Waals surface area contributed by atoms with Crippen LogP contribution in [0.2, 0.25) is 0 Å². The van der Waals surface area contributed by atoms with E-state index in [0.29, 0.717) is 30.4 Å². The maximum Gasteiger partial charge on any atom is 0.291 e. The van der Waals surface area contributed by atoms with Crippen LogP contribution in [0.5, 0.6) is 0 Å². The summed E-state index contributed by atoms with van der Waals surface area (Å²) in [6.45, 7) is 3.24. The molecule has 1 aliphatic heterocycles. The molecule has 0 atom stereocenters. The van der Waals surface area contributed by atoms with Crippen LogP contribution in [0, 0.1) is 5.92 Å². The van der Waals surface area contributed by atoms with Crippen molar-refractivity contribution in [3.63, 3.8) is 0 Å². The third-order valence-corrected chi connectivity index (χ3v) is 8.56. The van der Waals surface area contributed by atoms with Crippen LogP contribution < -0.4 is 5.32 Å². The van der Waals surface area contributed by atoms with Crippen molar-refractivity contribution < 1.29 is 17.6 Å². The molecule has 1 aromatic heterocycles. The van der Waals surface area contributed by atoms with Gasteiger partial charge < -0.3 is 9.73 Å². The lowest BCUT2D eigenvalue weighted by Gasteiger charge is -2.29. The van der Waals surface area contributed by atoms with E-state index in [1.807, 2.05) is 30.3 Å². The van der Waals surface area contributed by atoms with Gasteiger partial charge in [0.15, 0.2) is 5.76 Å². The maximum atomic E-state index is 12.9. The van der Waals surface area contributed by atoms with Gasteiger partial charge in [-0.05, 0) is 61.2 Å². The molecule has 0 aliphatic carbocycles. The number of sulfonamides is 1. The number of piperidine rings is 1. The highest BCUT2D eigenvalue weighted by Crippen LogP contribution is 2.27. The lowest BCUT2D eigenvalue weighted by atomic mass is 10.0. The molecule has 2 heterocycles. The monoisotopic (exact) mass is 470 g/mol. The van der Waals surface area contributed by atoms with Crippen molar-refractivity contribution in [2.24, 2.45) is 5.92 Å². The first-order chi connectivity index (χ1) is 15.4. The van der Waals surface area contributed by atoms with Gasteiger partial charge in [0.05, 0.1) is 11.2 Å². The lowest BCUT2D eigenvalue weighted by Crippen LogP contribution is -2.37. The number of hydrogen-bond acceptors (Lipinski definition) is 5. The summed E-state index contributed by atoms with van der Waals surface area (Å²) in [4.78, 5) is 14.1. The second-order valence-electron chi connectivity index (χ2n) is 7.94. The number of hydrogen-bond donors (Lipinski definition) is 1. The molecule has 0 bridgehead atoms. The van der Waals surface area contributed by atoms with Crippen molar-refractivity contribution in [1.82, 2.24) is 4.31 Å². The Hall–Kier alpha value is -2.55. The lowest BCUT2D eigenvalue weighted by molar-refractivity contribution is 0.0995. The van der Waals surface area contributed by atoms with Crippen LogP contribution in [0.4, 0.5) is 5.69 Å². The Balaban J connectivity index is 1.40. The van der Waals surface area contributed by atoms with Crippen molar-refractivity contribution in [2.75, 3.05) is 18.4 Å². The molecule has 3 aromatic rings. The molecule has 32 heavy (non-hydrogen) atoms. The molecule has 1 fully saturated rings. The molecule has 1 amide bonds. The quantitative estimate of drug-likeness (QED) is 0.478. The molecule has 0 saturated carbocycles. The second kappa shape index (κ2) is 9.94. The molecule has 1 saturated heterocycles. The van der Waals surface area contributed by atoms with Gasteiger partial charge in [0, 0.05) is 35.0 Å². The number of anilines is 1. The fraction of sp³-hybridized carbons (Fsp3) is 0.292. The molecule has 1 aliphatic rings. The molecular formula is C24H26N2O4S2. The predicted molar refractivity (Wildman–Crippen MR) is 126 cm³/mol. The van der Waals surface area contributed by atoms with Crippen LogP contribution in [0.3, 0.4) is 0 Å². The largest absolute Gasteiger partial charge is 0.459 e. The van der Waals surface area contributed by atoms with Crippen LogP contribution in [-0.4, -0.2) is 31.7 Å². The molecule has 8 heteroatoms. The molecule has 6 nitrogen and oxygen atoms in total. The van der Waals surface area contributed by atoms with Gasteiger partial charge in [-0.2, -0.15) is 4.31 Å². The van der Waals surface area contributed by atoms with Crippen LogP contribution in [-0.2, 0) is 15.8 Å². The Bertz CT molecular complexity index is 1150. The summed E-state index contributed by atoms with van der Waals surface area (Å²) >= 11 is 1.62. The summed E-state index contributed by atoms with van der Waals surface area (Å²) in [6, 6.07) is 18.0. The first-order valence-corrected chi connectivity index (χ1v) is 13.0. The van der Waals surface area contributed by atoms with Gasteiger partial charge in [0.25, 0.3) is 5.91 Å². The van der Waals surface area contributed by atoms with Gasteiger partial charge in [0.2, 0.25) is 10.0 Å². The first kappa shape index (κ1) is 22.6. The highest BCUT2D eigenvalue weighted by atomic mass is 32.2. The Morgan fingerprint density at radius 1 is 1.06 bits per heavy atom. The van der Waals surface area contributed by atoms with Crippen LogP contribution in [0.15, 0.2) is 81.1 Å². The number of nitrogens with one attached hydrogen (secondary N) is 1. The third kappa shape index (κ3) is 5.26. The number of carbonyl (C=O) groups excluding carboxylic acids is 1. The summed E-state index contributed by atoms with van der Waals surface area (Å²) in [5.74, 6) is 1.05. The molecule has 0 spiro atoms. The van der Waals surface area contributed by atoms with Crippen LogP contribution in [0.1, 0.15) is 35.9 Å². The van der Waals surface area contributed by atoms with Crippen molar-refractivity contribution in [3.05, 3.63) is 78.3 Å². The second-order valence-corrected chi connectivity index (χ2v) is 10.9. The van der Waals surface area contributed by atoms with Crippen molar-refractivity contribution in [1.29, 1.82) is 0 Å². The van der Waals surface area contributed by atoms with Crippen molar-refractivity contribution in [3.8, 4) is 0 Å². The summed E-state index contributed by atoms with van der Waals surface area (Å²) in [5.41, 5.74) is 1.31. The zero-order chi connectivity index (χ0) is 22.6.